The van der Waals surface area contributed by atoms with Gasteiger partial charge in [-0.05, 0) is 41.5 Å². The summed E-state index contributed by atoms with van der Waals surface area (Å²) in [6.07, 6.45) is 0. The average molecular weight is 635 g/mol. The van der Waals surface area contributed by atoms with Crippen LogP contribution in [-0.4, -0.2) is 97.2 Å². The van der Waals surface area contributed by atoms with Crippen LogP contribution < -0.4 is 0 Å². The quantitative estimate of drug-likeness (QED) is 0.0490. The molecule has 0 bridgehead atoms. The van der Waals surface area contributed by atoms with Gasteiger partial charge in [0.1, 0.15) is 0 Å². The number of ketones is 2. The fourth-order valence-corrected chi connectivity index (χ4v) is 2.20. The minimum absolute atomic E-state index is 0. The van der Waals surface area contributed by atoms with E-state index in [1.54, 1.807) is 0 Å². The average Bonchev–Trinajstić information content (AvgIpc) is 2.89. The molecule has 0 spiro atoms. The number of aliphatic hydroxyl groups excluding tert-OH is 2. The van der Waals surface area contributed by atoms with E-state index in [0.29, 0.717) is 0 Å². The monoisotopic (exact) mass is 635 g/mol. The van der Waals surface area contributed by atoms with E-state index in [4.69, 9.17) is 0 Å². The second-order valence-corrected chi connectivity index (χ2v) is 6.43. The number of hydrogen-bond donors (Lipinski definition) is 2. The third-order valence-corrected chi connectivity index (χ3v) is 3.75. The number of carbonyl (C=O) groups excluding carboxylic acids is 8. The largest absolute Gasteiger partial charge is 0.501 e. The third-order valence-electron chi connectivity index (χ3n) is 3.75. The van der Waals surface area contributed by atoms with E-state index < -0.39 is 70.0 Å². The van der Waals surface area contributed by atoms with Crippen LogP contribution in [0.5, 0.6) is 0 Å². The molecule has 0 unspecified atom stereocenters. The van der Waals surface area contributed by atoms with Gasteiger partial charge in [-0.25, -0.2) is 28.8 Å². The molecule has 0 aromatic heterocycles. The van der Waals surface area contributed by atoms with Crippen LogP contribution in [0.4, 0.5) is 0 Å². The van der Waals surface area contributed by atoms with Crippen molar-refractivity contribution in [1.82, 2.24) is 0 Å². The predicted molar refractivity (Wildman–Crippen MR) is 129 cm³/mol. The molecule has 0 amide bonds. The van der Waals surface area contributed by atoms with Crippen LogP contribution in [-0.2, 0) is 83.6 Å². The van der Waals surface area contributed by atoms with E-state index in [1.165, 1.54) is 41.5 Å². The van der Waals surface area contributed by atoms with E-state index in [2.05, 4.69) is 28.4 Å². The van der Waals surface area contributed by atoms with Crippen molar-refractivity contribution in [3.8, 4) is 0 Å². The Hall–Kier alpha value is -4.25. The molecule has 233 valence electrons. The maximum absolute atomic E-state index is 11.7. The van der Waals surface area contributed by atoms with Crippen molar-refractivity contribution in [2.24, 2.45) is 0 Å². The van der Waals surface area contributed by atoms with Crippen LogP contribution in [0, 0.1) is 0 Å². The van der Waals surface area contributed by atoms with E-state index in [-0.39, 0.29) is 56.4 Å². The molecule has 0 saturated heterocycles. The number of hydrogen-bond acceptors (Lipinski definition) is 16. The van der Waals surface area contributed by atoms with Crippen LogP contribution >= 0.6 is 0 Å². The summed E-state index contributed by atoms with van der Waals surface area (Å²) in [5, 5.41) is 19.1. The van der Waals surface area contributed by atoms with E-state index in [9.17, 15) is 48.6 Å². The summed E-state index contributed by atoms with van der Waals surface area (Å²) in [5.74, 6) is -13.5. The number of carbonyl (C=O) groups is 8. The smallest absolute Gasteiger partial charge is 0.380 e. The van der Waals surface area contributed by atoms with E-state index >= 15 is 0 Å². The van der Waals surface area contributed by atoms with Gasteiger partial charge < -0.3 is 38.6 Å². The van der Waals surface area contributed by atoms with Crippen molar-refractivity contribution in [2.45, 2.75) is 41.5 Å². The Kier molecular flexibility index (Phi) is 22.7. The zero-order valence-electron chi connectivity index (χ0n) is 23.2. The fourth-order valence-electron chi connectivity index (χ4n) is 2.20. The first-order valence-electron chi connectivity index (χ1n) is 11.8. The summed E-state index contributed by atoms with van der Waals surface area (Å²) in [4.78, 5) is 91.8. The van der Waals surface area contributed by atoms with Crippen molar-refractivity contribution in [3.63, 3.8) is 0 Å². The third kappa shape index (κ3) is 14.1. The van der Waals surface area contributed by atoms with Gasteiger partial charge in [0.15, 0.2) is 11.1 Å². The molecule has 17 heteroatoms. The molecule has 0 aliphatic rings. The van der Waals surface area contributed by atoms with Crippen molar-refractivity contribution >= 4 is 47.4 Å². The molecule has 41 heavy (non-hydrogen) atoms. The summed E-state index contributed by atoms with van der Waals surface area (Å²) >= 11 is 0. The standard InChI is InChI=1S/2C12H16O8.Co/c2*1-4-18-10(15)7(8(13)11(16)19-5-2)9(14)12(17)20-6-3;/h2*13H,4-6H2,1-3H3;/b2*8-7+;. The van der Waals surface area contributed by atoms with Crippen molar-refractivity contribution in [3.05, 3.63) is 22.7 Å². The minimum atomic E-state index is -1.48. The van der Waals surface area contributed by atoms with Crippen molar-refractivity contribution in [1.29, 1.82) is 0 Å². The van der Waals surface area contributed by atoms with Gasteiger partial charge >= 0.3 is 35.8 Å². The van der Waals surface area contributed by atoms with E-state index in [1.807, 2.05) is 0 Å². The normalized spacial score (nSPS) is 10.9. The van der Waals surface area contributed by atoms with Crippen molar-refractivity contribution < 1.29 is 93.8 Å². The first kappa shape index (κ1) is 41.2. The van der Waals surface area contributed by atoms with Crippen LogP contribution in [0.2, 0.25) is 0 Å². The Morgan fingerprint density at radius 2 is 0.585 bits per heavy atom. The molecule has 16 nitrogen and oxygen atoms in total. The zero-order chi connectivity index (χ0) is 31.4. The molecule has 0 aliphatic carbocycles. The van der Waals surface area contributed by atoms with Gasteiger partial charge in [0, 0.05) is 16.8 Å². The first-order chi connectivity index (χ1) is 18.8. The number of aliphatic hydroxyl groups is 2. The van der Waals surface area contributed by atoms with Crippen LogP contribution in [0.25, 0.3) is 0 Å². The molecule has 0 aromatic rings. The van der Waals surface area contributed by atoms with Crippen LogP contribution in [0.15, 0.2) is 22.7 Å². The Bertz CT molecular complexity index is 958. The van der Waals surface area contributed by atoms with Gasteiger partial charge in [0.05, 0.1) is 39.6 Å². The molecule has 0 saturated carbocycles. The zero-order valence-corrected chi connectivity index (χ0v) is 24.2. The van der Waals surface area contributed by atoms with Crippen LogP contribution in [0.1, 0.15) is 41.5 Å². The molecule has 0 heterocycles. The van der Waals surface area contributed by atoms with Gasteiger partial charge in [-0.2, -0.15) is 0 Å². The van der Waals surface area contributed by atoms with Gasteiger partial charge in [-0.1, -0.05) is 0 Å². The van der Waals surface area contributed by atoms with E-state index in [0.717, 1.165) is 0 Å². The molecule has 0 fully saturated rings. The number of ether oxygens (including phenoxy) is 6. The van der Waals surface area contributed by atoms with Crippen molar-refractivity contribution in [2.75, 3.05) is 39.6 Å². The Labute approximate surface area is 245 Å². The maximum atomic E-state index is 11.7. The molecule has 0 aromatic carbocycles. The Morgan fingerprint density at radius 3 is 0.805 bits per heavy atom. The Balaban J connectivity index is -0.000000688. The molecule has 0 aliphatic heterocycles. The molecule has 0 rings (SSSR count). The van der Waals surface area contributed by atoms with Crippen LogP contribution in [0.3, 0.4) is 0 Å². The summed E-state index contributed by atoms with van der Waals surface area (Å²) in [6, 6.07) is 0. The molecular formula is C24H32CoO16. The predicted octanol–water partition coefficient (Wildman–Crippen LogP) is 0.111. The molecule has 1 radical (unpaired) electrons. The van der Waals surface area contributed by atoms with Gasteiger partial charge in [0.2, 0.25) is 11.5 Å². The Morgan fingerprint density at radius 1 is 0.390 bits per heavy atom. The summed E-state index contributed by atoms with van der Waals surface area (Å²) in [7, 11) is 0. The topological polar surface area (TPSA) is 232 Å². The number of rotatable bonds is 14. The first-order valence-corrected chi connectivity index (χ1v) is 11.8. The summed E-state index contributed by atoms with van der Waals surface area (Å²) < 4.78 is 26.7. The number of Topliss-reactive ketones (excluding diaryl/α,β-unsaturated/α-hetero) is 2. The SMILES string of the molecule is CCOC(=O)C(=O)/C(C(=O)OCC)=C(\O)C(=O)OCC.CCOC(=O)C(=O)/C(C(=O)OCC)=C(\O)C(=O)OCC.[Co]. The number of esters is 6. The molecule has 2 N–H and O–H groups in total. The van der Waals surface area contributed by atoms with Gasteiger partial charge in [-0.15, -0.1) is 0 Å². The summed E-state index contributed by atoms with van der Waals surface area (Å²) in [6.45, 7) is 8.08. The summed E-state index contributed by atoms with van der Waals surface area (Å²) in [5.41, 5.74) is -2.22. The van der Waals surface area contributed by atoms with Gasteiger partial charge in [0.25, 0.3) is 11.6 Å². The van der Waals surface area contributed by atoms with Gasteiger partial charge in [-0.3, -0.25) is 9.59 Å². The molecular weight excluding hydrogens is 603 g/mol. The minimum Gasteiger partial charge on any atom is -0.501 e. The maximum Gasteiger partial charge on any atom is 0.380 e. The second-order valence-electron chi connectivity index (χ2n) is 6.43. The second kappa shape index (κ2) is 22.6. The fraction of sp³-hybridized carbons (Fsp3) is 0.500. The molecule has 0 atom stereocenters.